The molecule has 0 amide bonds. The Labute approximate surface area is 109 Å². The Hall–Kier alpha value is -0.980. The van der Waals surface area contributed by atoms with Crippen molar-refractivity contribution in [3.8, 4) is 0 Å². The lowest BCUT2D eigenvalue weighted by Crippen LogP contribution is -2.60. The first-order valence-electron chi connectivity index (χ1n) is 6.56. The van der Waals surface area contributed by atoms with Gasteiger partial charge in [-0.15, -0.1) is 0 Å². The van der Waals surface area contributed by atoms with Gasteiger partial charge in [-0.1, -0.05) is 12.8 Å². The first kappa shape index (κ1) is 13.5. The Balaban J connectivity index is 2.19. The molecule has 0 aliphatic heterocycles. The summed E-state index contributed by atoms with van der Waals surface area (Å²) >= 11 is 0. The van der Waals surface area contributed by atoms with Crippen molar-refractivity contribution in [2.75, 3.05) is 14.1 Å². The third-order valence-corrected chi connectivity index (χ3v) is 4.40. The summed E-state index contributed by atoms with van der Waals surface area (Å²) in [6, 6.07) is 0.206. The van der Waals surface area contributed by atoms with Crippen molar-refractivity contribution in [2.45, 2.75) is 43.7 Å². The molecule has 0 bridgehead atoms. The zero-order chi connectivity index (χ0) is 13.2. The fourth-order valence-corrected chi connectivity index (χ4v) is 3.19. The molecule has 6 heteroatoms. The fraction of sp³-hybridized carbons (Fsp3) is 0.833. The molecule has 1 aliphatic carbocycles. The molecule has 1 aromatic heterocycles. The minimum atomic E-state index is 0.140. The molecule has 1 unspecified atom stereocenters. The predicted molar refractivity (Wildman–Crippen MR) is 70.7 cm³/mol. The van der Waals surface area contributed by atoms with Gasteiger partial charge >= 0.3 is 0 Å². The van der Waals surface area contributed by atoms with E-state index in [4.69, 9.17) is 5.84 Å². The standard InChI is InChI=1S/C12H24N6/c1-17(2)12(6-4-5-7-12)10(16-13)8-11-14-9-15-18(11)3/h9-10,16H,4-8,13H2,1-3H3. The Morgan fingerprint density at radius 1 is 1.50 bits per heavy atom. The van der Waals surface area contributed by atoms with E-state index in [1.54, 1.807) is 6.33 Å². The van der Waals surface area contributed by atoms with Gasteiger partial charge in [-0.25, -0.2) is 4.98 Å². The van der Waals surface area contributed by atoms with E-state index in [2.05, 4.69) is 34.5 Å². The van der Waals surface area contributed by atoms with Crippen molar-refractivity contribution >= 4 is 0 Å². The maximum Gasteiger partial charge on any atom is 0.138 e. The van der Waals surface area contributed by atoms with Gasteiger partial charge in [0.2, 0.25) is 0 Å². The normalized spacial score (nSPS) is 20.5. The summed E-state index contributed by atoms with van der Waals surface area (Å²) < 4.78 is 1.82. The van der Waals surface area contributed by atoms with E-state index < -0.39 is 0 Å². The van der Waals surface area contributed by atoms with E-state index >= 15 is 0 Å². The summed E-state index contributed by atoms with van der Waals surface area (Å²) in [7, 11) is 6.21. The van der Waals surface area contributed by atoms with Crippen LogP contribution in [0, 0.1) is 0 Å². The Morgan fingerprint density at radius 2 is 2.17 bits per heavy atom. The van der Waals surface area contributed by atoms with Gasteiger partial charge in [0.15, 0.2) is 0 Å². The zero-order valence-electron chi connectivity index (χ0n) is 11.6. The van der Waals surface area contributed by atoms with Gasteiger partial charge < -0.3 is 4.90 Å². The monoisotopic (exact) mass is 252 g/mol. The first-order valence-corrected chi connectivity index (χ1v) is 6.56. The third-order valence-electron chi connectivity index (χ3n) is 4.40. The van der Waals surface area contributed by atoms with Crippen LogP contribution in [0.5, 0.6) is 0 Å². The second-order valence-corrected chi connectivity index (χ2v) is 5.43. The second kappa shape index (κ2) is 5.34. The van der Waals surface area contributed by atoms with Gasteiger partial charge in [-0.3, -0.25) is 16.0 Å². The van der Waals surface area contributed by atoms with Gasteiger partial charge in [0.05, 0.1) is 0 Å². The van der Waals surface area contributed by atoms with Crippen LogP contribution in [0.15, 0.2) is 6.33 Å². The second-order valence-electron chi connectivity index (χ2n) is 5.43. The van der Waals surface area contributed by atoms with E-state index in [0.29, 0.717) is 0 Å². The lowest BCUT2D eigenvalue weighted by Gasteiger charge is -2.42. The number of hydrogen-bond acceptors (Lipinski definition) is 5. The highest BCUT2D eigenvalue weighted by Gasteiger charge is 2.43. The number of hydrogen-bond donors (Lipinski definition) is 2. The van der Waals surface area contributed by atoms with Crippen molar-refractivity contribution in [3.63, 3.8) is 0 Å². The lowest BCUT2D eigenvalue weighted by atomic mass is 9.85. The van der Waals surface area contributed by atoms with Crippen LogP contribution in [0.1, 0.15) is 31.5 Å². The summed E-state index contributed by atoms with van der Waals surface area (Å²) in [6.07, 6.45) is 7.33. The Kier molecular flexibility index (Phi) is 3.99. The molecule has 0 spiro atoms. The molecule has 1 heterocycles. The van der Waals surface area contributed by atoms with Crippen molar-refractivity contribution in [1.29, 1.82) is 0 Å². The minimum Gasteiger partial charge on any atom is -0.302 e. The van der Waals surface area contributed by atoms with Gasteiger partial charge in [0, 0.05) is 25.0 Å². The highest BCUT2D eigenvalue weighted by Crippen LogP contribution is 2.37. The third kappa shape index (κ3) is 2.28. The van der Waals surface area contributed by atoms with Crippen LogP contribution in [0.4, 0.5) is 0 Å². The van der Waals surface area contributed by atoms with Crippen molar-refractivity contribution in [3.05, 3.63) is 12.2 Å². The maximum absolute atomic E-state index is 5.81. The summed E-state index contributed by atoms with van der Waals surface area (Å²) in [5, 5.41) is 4.12. The number of aryl methyl sites for hydroxylation is 1. The van der Waals surface area contributed by atoms with Crippen molar-refractivity contribution < 1.29 is 0 Å². The molecule has 3 N–H and O–H groups in total. The summed E-state index contributed by atoms with van der Waals surface area (Å²) in [6.45, 7) is 0. The molecule has 0 aromatic carbocycles. The largest absolute Gasteiger partial charge is 0.302 e. The number of likely N-dealkylation sites (N-methyl/N-ethyl adjacent to an activating group) is 1. The molecular formula is C12H24N6. The van der Waals surface area contributed by atoms with Gasteiger partial charge in [0.25, 0.3) is 0 Å². The quantitative estimate of drug-likeness (QED) is 0.573. The highest BCUT2D eigenvalue weighted by molar-refractivity contribution is 5.05. The Bertz CT molecular complexity index is 380. The molecule has 0 saturated heterocycles. The molecule has 18 heavy (non-hydrogen) atoms. The lowest BCUT2D eigenvalue weighted by molar-refractivity contribution is 0.103. The van der Waals surface area contributed by atoms with E-state index in [1.165, 1.54) is 25.7 Å². The number of hydrazine groups is 1. The van der Waals surface area contributed by atoms with Crippen LogP contribution in [-0.2, 0) is 13.5 Å². The van der Waals surface area contributed by atoms with Gasteiger partial charge in [0.1, 0.15) is 12.2 Å². The number of nitrogens with zero attached hydrogens (tertiary/aromatic N) is 4. The molecular weight excluding hydrogens is 228 g/mol. The average Bonchev–Trinajstić information content (AvgIpc) is 2.96. The van der Waals surface area contributed by atoms with Crippen LogP contribution in [0.2, 0.25) is 0 Å². The van der Waals surface area contributed by atoms with Crippen LogP contribution in [0.25, 0.3) is 0 Å². The maximum atomic E-state index is 5.81. The minimum absolute atomic E-state index is 0.140. The molecule has 1 saturated carbocycles. The molecule has 2 rings (SSSR count). The van der Waals surface area contributed by atoms with Crippen molar-refractivity contribution in [1.82, 2.24) is 25.1 Å². The number of nitrogens with two attached hydrogens (primary N) is 1. The molecule has 102 valence electrons. The van der Waals surface area contributed by atoms with Crippen LogP contribution >= 0.6 is 0 Å². The van der Waals surface area contributed by atoms with E-state index in [0.717, 1.165) is 12.2 Å². The molecule has 6 nitrogen and oxygen atoms in total. The van der Waals surface area contributed by atoms with Crippen LogP contribution < -0.4 is 11.3 Å². The van der Waals surface area contributed by atoms with Gasteiger partial charge in [-0.2, -0.15) is 5.10 Å². The predicted octanol–water partition coefficient (Wildman–Crippen LogP) is 0.0639. The molecule has 1 fully saturated rings. The van der Waals surface area contributed by atoms with Crippen LogP contribution in [-0.4, -0.2) is 45.3 Å². The van der Waals surface area contributed by atoms with Crippen molar-refractivity contribution in [2.24, 2.45) is 12.9 Å². The summed E-state index contributed by atoms with van der Waals surface area (Å²) in [5.74, 6) is 6.79. The average molecular weight is 252 g/mol. The molecule has 1 aromatic rings. The van der Waals surface area contributed by atoms with E-state index in [9.17, 15) is 0 Å². The fourth-order valence-electron chi connectivity index (χ4n) is 3.19. The number of aromatic nitrogens is 3. The molecule has 1 atom stereocenters. The van der Waals surface area contributed by atoms with E-state index in [1.807, 2.05) is 11.7 Å². The van der Waals surface area contributed by atoms with E-state index in [-0.39, 0.29) is 11.6 Å². The first-order chi connectivity index (χ1) is 8.60. The molecule has 0 radical (unpaired) electrons. The van der Waals surface area contributed by atoms with Gasteiger partial charge in [-0.05, 0) is 26.9 Å². The number of rotatable bonds is 5. The smallest absolute Gasteiger partial charge is 0.138 e. The summed E-state index contributed by atoms with van der Waals surface area (Å²) in [5.41, 5.74) is 3.15. The van der Waals surface area contributed by atoms with Crippen LogP contribution in [0.3, 0.4) is 0 Å². The number of nitrogens with one attached hydrogen (secondary N) is 1. The Morgan fingerprint density at radius 3 is 2.61 bits per heavy atom. The SMILES string of the molecule is CN(C)C1(C(Cc2ncnn2C)NN)CCCC1. The summed E-state index contributed by atoms with van der Waals surface area (Å²) in [4.78, 5) is 6.62. The molecule has 1 aliphatic rings. The highest BCUT2D eigenvalue weighted by atomic mass is 15.3. The zero-order valence-corrected chi connectivity index (χ0v) is 11.6. The topological polar surface area (TPSA) is 72.0 Å².